The molecule has 0 atom stereocenters. The standard InChI is InChI=1S/C12H15F3N2O3S/c13-12(14,15)20-9-4-1-2-5-10(9)21(18,19)17-8-11(16)6-3-7-11/h1-2,4-5,17H,3,6-8,16H2. The first-order valence-electron chi connectivity index (χ1n) is 6.25. The molecule has 118 valence electrons. The van der Waals surface area contributed by atoms with Gasteiger partial charge in [-0.05, 0) is 31.4 Å². The molecule has 0 heterocycles. The van der Waals surface area contributed by atoms with E-state index in [4.69, 9.17) is 5.73 Å². The first kappa shape index (κ1) is 16.1. The van der Waals surface area contributed by atoms with E-state index >= 15 is 0 Å². The molecule has 0 aromatic heterocycles. The molecule has 0 saturated heterocycles. The number of benzene rings is 1. The Morgan fingerprint density at radius 2 is 1.90 bits per heavy atom. The van der Waals surface area contributed by atoms with Crippen LogP contribution in [0.4, 0.5) is 13.2 Å². The Kier molecular flexibility index (Phi) is 4.18. The zero-order chi connectivity index (χ0) is 15.7. The third-order valence-corrected chi connectivity index (χ3v) is 4.77. The second-order valence-electron chi connectivity index (χ2n) is 5.04. The second kappa shape index (κ2) is 5.47. The maximum Gasteiger partial charge on any atom is 0.573 e. The van der Waals surface area contributed by atoms with E-state index in [1.165, 1.54) is 12.1 Å². The maximum atomic E-state index is 12.3. The fourth-order valence-corrected chi connectivity index (χ4v) is 3.27. The fraction of sp³-hybridized carbons (Fsp3) is 0.500. The number of hydrogen-bond donors (Lipinski definition) is 2. The average Bonchev–Trinajstić information content (AvgIpc) is 2.33. The molecule has 1 aromatic carbocycles. The predicted molar refractivity (Wildman–Crippen MR) is 69.1 cm³/mol. The summed E-state index contributed by atoms with van der Waals surface area (Å²) >= 11 is 0. The van der Waals surface area contributed by atoms with Crippen LogP contribution in [0.25, 0.3) is 0 Å². The third-order valence-electron chi connectivity index (χ3n) is 3.33. The summed E-state index contributed by atoms with van der Waals surface area (Å²) in [5.41, 5.74) is 5.27. The molecule has 0 amide bonds. The van der Waals surface area contributed by atoms with Crippen molar-refractivity contribution < 1.29 is 26.3 Å². The summed E-state index contributed by atoms with van der Waals surface area (Å²) in [6, 6.07) is 4.58. The number of rotatable bonds is 5. The molecule has 1 aliphatic rings. The minimum Gasteiger partial charge on any atom is -0.404 e. The zero-order valence-corrected chi connectivity index (χ0v) is 11.8. The van der Waals surface area contributed by atoms with Crippen LogP contribution in [-0.4, -0.2) is 26.9 Å². The quantitative estimate of drug-likeness (QED) is 0.864. The molecule has 0 spiro atoms. The van der Waals surface area contributed by atoms with E-state index in [1.54, 1.807) is 0 Å². The van der Waals surface area contributed by atoms with Crippen LogP contribution < -0.4 is 15.2 Å². The van der Waals surface area contributed by atoms with Crippen molar-refractivity contribution in [2.45, 2.75) is 36.1 Å². The number of nitrogens with one attached hydrogen (secondary N) is 1. The van der Waals surface area contributed by atoms with Crippen molar-refractivity contribution in [2.75, 3.05) is 6.54 Å². The molecule has 5 nitrogen and oxygen atoms in total. The third kappa shape index (κ3) is 4.08. The summed E-state index contributed by atoms with van der Waals surface area (Å²) in [6.45, 7) is -0.0182. The molecular weight excluding hydrogens is 309 g/mol. The Morgan fingerprint density at radius 3 is 2.43 bits per heavy atom. The summed E-state index contributed by atoms with van der Waals surface area (Å²) in [5.74, 6) is -0.766. The molecule has 0 bridgehead atoms. The van der Waals surface area contributed by atoms with Gasteiger partial charge in [-0.25, -0.2) is 13.1 Å². The summed E-state index contributed by atoms with van der Waals surface area (Å²) in [5, 5.41) is 0. The summed E-state index contributed by atoms with van der Waals surface area (Å²) < 4.78 is 67.1. The van der Waals surface area contributed by atoms with Gasteiger partial charge in [-0.3, -0.25) is 0 Å². The molecule has 3 N–H and O–H groups in total. The number of alkyl halides is 3. The number of hydrogen-bond acceptors (Lipinski definition) is 4. The zero-order valence-electron chi connectivity index (χ0n) is 11.0. The Bertz CT molecular complexity index is 612. The molecule has 1 saturated carbocycles. The van der Waals surface area contributed by atoms with Crippen molar-refractivity contribution in [3.63, 3.8) is 0 Å². The van der Waals surface area contributed by atoms with Crippen molar-refractivity contribution in [3.05, 3.63) is 24.3 Å². The summed E-state index contributed by atoms with van der Waals surface area (Å²) in [6.07, 6.45) is -2.70. The molecule has 21 heavy (non-hydrogen) atoms. The molecule has 1 fully saturated rings. The highest BCUT2D eigenvalue weighted by Crippen LogP contribution is 2.31. The van der Waals surface area contributed by atoms with Crippen LogP contribution in [-0.2, 0) is 10.0 Å². The molecule has 2 rings (SSSR count). The minimum absolute atomic E-state index is 0.0182. The highest BCUT2D eigenvalue weighted by atomic mass is 32.2. The number of nitrogens with two attached hydrogens (primary N) is 1. The van der Waals surface area contributed by atoms with E-state index in [9.17, 15) is 21.6 Å². The van der Waals surface area contributed by atoms with Crippen LogP contribution in [0.2, 0.25) is 0 Å². The van der Waals surface area contributed by atoms with Crippen LogP contribution in [0.3, 0.4) is 0 Å². The molecule has 0 unspecified atom stereocenters. The lowest BCUT2D eigenvalue weighted by Gasteiger charge is -2.38. The second-order valence-corrected chi connectivity index (χ2v) is 6.77. The molecule has 9 heteroatoms. The van der Waals surface area contributed by atoms with E-state index in [0.29, 0.717) is 12.8 Å². The van der Waals surface area contributed by atoms with Crippen LogP contribution in [0.15, 0.2) is 29.2 Å². The Labute approximate surface area is 120 Å². The number of halogens is 3. The monoisotopic (exact) mass is 324 g/mol. The number of sulfonamides is 1. The van der Waals surface area contributed by atoms with Crippen molar-refractivity contribution >= 4 is 10.0 Å². The molecule has 0 aliphatic heterocycles. The van der Waals surface area contributed by atoms with Gasteiger partial charge < -0.3 is 10.5 Å². The van der Waals surface area contributed by atoms with E-state index in [0.717, 1.165) is 18.6 Å². The highest BCUT2D eigenvalue weighted by molar-refractivity contribution is 7.89. The number of ether oxygens (including phenoxy) is 1. The van der Waals surface area contributed by atoms with Gasteiger partial charge in [0.2, 0.25) is 10.0 Å². The molecule has 0 radical (unpaired) electrons. The summed E-state index contributed by atoms with van der Waals surface area (Å²) in [7, 11) is -4.13. The Morgan fingerprint density at radius 1 is 1.29 bits per heavy atom. The van der Waals surface area contributed by atoms with Gasteiger partial charge in [0.15, 0.2) is 0 Å². The summed E-state index contributed by atoms with van der Waals surface area (Å²) in [4.78, 5) is -0.565. The van der Waals surface area contributed by atoms with Gasteiger partial charge in [0.25, 0.3) is 0 Å². The van der Waals surface area contributed by atoms with Gasteiger partial charge in [0, 0.05) is 12.1 Å². The topological polar surface area (TPSA) is 81.4 Å². The van der Waals surface area contributed by atoms with Crippen molar-refractivity contribution in [3.8, 4) is 5.75 Å². The average molecular weight is 324 g/mol. The van der Waals surface area contributed by atoms with Crippen molar-refractivity contribution in [2.24, 2.45) is 5.73 Å². The first-order chi connectivity index (χ1) is 9.61. The van der Waals surface area contributed by atoms with E-state index in [2.05, 4.69) is 9.46 Å². The minimum atomic E-state index is -4.96. The van der Waals surface area contributed by atoms with Crippen LogP contribution in [0.5, 0.6) is 5.75 Å². The smallest absolute Gasteiger partial charge is 0.404 e. The lowest BCUT2D eigenvalue weighted by atomic mass is 9.78. The van der Waals surface area contributed by atoms with E-state index in [-0.39, 0.29) is 6.54 Å². The van der Waals surface area contributed by atoms with Gasteiger partial charge in [-0.15, -0.1) is 13.2 Å². The normalized spacial score (nSPS) is 18.1. The van der Waals surface area contributed by atoms with Crippen LogP contribution >= 0.6 is 0 Å². The highest BCUT2D eigenvalue weighted by Gasteiger charge is 2.36. The van der Waals surface area contributed by atoms with Gasteiger partial charge in [0.1, 0.15) is 10.6 Å². The van der Waals surface area contributed by atoms with Crippen molar-refractivity contribution in [1.29, 1.82) is 0 Å². The van der Waals surface area contributed by atoms with Gasteiger partial charge >= 0.3 is 6.36 Å². The van der Waals surface area contributed by atoms with E-state index in [1.807, 2.05) is 0 Å². The molecule has 1 aliphatic carbocycles. The lowest BCUT2D eigenvalue weighted by molar-refractivity contribution is -0.275. The largest absolute Gasteiger partial charge is 0.573 e. The van der Waals surface area contributed by atoms with Crippen LogP contribution in [0.1, 0.15) is 19.3 Å². The van der Waals surface area contributed by atoms with Crippen molar-refractivity contribution in [1.82, 2.24) is 4.72 Å². The van der Waals surface area contributed by atoms with Gasteiger partial charge in [-0.2, -0.15) is 0 Å². The lowest BCUT2D eigenvalue weighted by Crippen LogP contribution is -2.54. The van der Waals surface area contributed by atoms with E-state index < -0.39 is 32.6 Å². The first-order valence-corrected chi connectivity index (χ1v) is 7.73. The van der Waals surface area contributed by atoms with Gasteiger partial charge in [0.05, 0.1) is 0 Å². The molecular formula is C12H15F3N2O3S. The maximum absolute atomic E-state index is 12.3. The predicted octanol–water partition coefficient (Wildman–Crippen LogP) is 1.74. The molecule has 1 aromatic rings. The van der Waals surface area contributed by atoms with Gasteiger partial charge in [-0.1, -0.05) is 12.1 Å². The Balaban J connectivity index is 2.19. The Hall–Kier alpha value is -1.32. The van der Waals surface area contributed by atoms with Crippen LogP contribution in [0, 0.1) is 0 Å². The fourth-order valence-electron chi connectivity index (χ4n) is 2.01. The number of para-hydroxylation sites is 1. The SMILES string of the molecule is NC1(CNS(=O)(=O)c2ccccc2OC(F)(F)F)CCC1.